The number of Topliss-reactive ketones (excluding diaryl/α,β-unsaturated/α-hetero) is 1. The normalized spacial score (nSPS) is 22.5. The number of carbonyl (C=O) groups is 3. The number of aryl methyl sites for hydroxylation is 1. The molecule has 0 aromatic heterocycles. The summed E-state index contributed by atoms with van der Waals surface area (Å²) in [7, 11) is 0. The minimum Gasteiger partial charge on any atom is -0.462 e. The summed E-state index contributed by atoms with van der Waals surface area (Å²) in [5.74, 6) is -1.30. The van der Waals surface area contributed by atoms with Gasteiger partial charge in [0.25, 0.3) is 0 Å². The molecule has 3 N–H and O–H groups in total. The number of para-hydroxylation sites is 1. The van der Waals surface area contributed by atoms with Gasteiger partial charge in [-0.2, -0.15) is 0 Å². The van der Waals surface area contributed by atoms with Gasteiger partial charge in [0.05, 0.1) is 12.3 Å². The number of benzene rings is 2. The van der Waals surface area contributed by atoms with Crippen molar-refractivity contribution in [3.05, 3.63) is 80.7 Å². The van der Waals surface area contributed by atoms with Crippen LogP contribution in [0.15, 0.2) is 69.6 Å². The number of ether oxygens (including phenoxy) is 1. The number of hydrogen-bond acceptors (Lipinski definition) is 6. The molecule has 5 rings (SSSR count). The number of nitrogens with zero attached hydrogens (tertiary/aromatic N) is 1. The molecule has 186 valence electrons. The quantitative estimate of drug-likeness (QED) is 0.531. The lowest BCUT2D eigenvalue weighted by Gasteiger charge is -2.47. The fourth-order valence-corrected chi connectivity index (χ4v) is 6.22. The van der Waals surface area contributed by atoms with Crippen LogP contribution in [-0.4, -0.2) is 24.3 Å². The van der Waals surface area contributed by atoms with Crippen molar-refractivity contribution in [1.29, 1.82) is 0 Å². The first-order valence-electron chi connectivity index (χ1n) is 11.9. The van der Waals surface area contributed by atoms with E-state index in [0.29, 0.717) is 29.1 Å². The summed E-state index contributed by atoms with van der Waals surface area (Å²) in [6, 6.07) is 13.0. The van der Waals surface area contributed by atoms with Crippen molar-refractivity contribution in [3.63, 3.8) is 0 Å². The number of allylic oxidation sites excluding steroid dienone is 1. The van der Waals surface area contributed by atoms with E-state index in [-0.39, 0.29) is 41.2 Å². The molecular formula is C28H28BrN3O4. The number of anilines is 2. The number of esters is 1. The molecule has 2 aromatic rings. The number of nitrogens with one attached hydrogen (secondary N) is 1. The number of hydrogen-bond donors (Lipinski definition) is 2. The van der Waals surface area contributed by atoms with E-state index in [0.717, 1.165) is 10.0 Å². The van der Waals surface area contributed by atoms with Gasteiger partial charge in [-0.1, -0.05) is 43.7 Å². The molecule has 2 aromatic carbocycles. The molecule has 0 saturated carbocycles. The summed E-state index contributed by atoms with van der Waals surface area (Å²) in [6.45, 7) is 7.74. The summed E-state index contributed by atoms with van der Waals surface area (Å²) in [5, 5.41) is 2.92. The molecule has 1 aliphatic carbocycles. The number of ketones is 1. The Balaban J connectivity index is 1.95. The second kappa shape index (κ2) is 8.34. The predicted octanol–water partition coefficient (Wildman–Crippen LogP) is 4.84. The predicted molar refractivity (Wildman–Crippen MR) is 141 cm³/mol. The zero-order valence-electron chi connectivity index (χ0n) is 20.7. The van der Waals surface area contributed by atoms with Crippen molar-refractivity contribution >= 4 is 45.0 Å². The summed E-state index contributed by atoms with van der Waals surface area (Å²) < 4.78 is 6.21. The first-order valence-corrected chi connectivity index (χ1v) is 12.7. The molecule has 2 heterocycles. The van der Waals surface area contributed by atoms with Crippen LogP contribution in [0.25, 0.3) is 0 Å². The summed E-state index contributed by atoms with van der Waals surface area (Å²) in [6.07, 6.45) is 0.726. The molecule has 0 bridgehead atoms. The molecule has 1 atom stereocenters. The summed E-state index contributed by atoms with van der Waals surface area (Å²) in [4.78, 5) is 43.5. The first-order chi connectivity index (χ1) is 17.0. The molecule has 1 spiro atoms. The van der Waals surface area contributed by atoms with Crippen LogP contribution in [0.1, 0.15) is 44.7 Å². The number of amides is 1. The highest BCUT2D eigenvalue weighted by Crippen LogP contribution is 2.58. The first kappa shape index (κ1) is 24.3. The van der Waals surface area contributed by atoms with Gasteiger partial charge in [-0.25, -0.2) is 4.79 Å². The van der Waals surface area contributed by atoms with Gasteiger partial charge in [0.15, 0.2) is 5.78 Å². The van der Waals surface area contributed by atoms with E-state index in [1.807, 2.05) is 57.2 Å². The minimum atomic E-state index is -1.70. The van der Waals surface area contributed by atoms with Crippen LogP contribution in [0.5, 0.6) is 0 Å². The van der Waals surface area contributed by atoms with Crippen LogP contribution in [0.2, 0.25) is 0 Å². The topological polar surface area (TPSA) is 102 Å². The third kappa shape index (κ3) is 3.34. The second-order valence-corrected chi connectivity index (χ2v) is 11.1. The van der Waals surface area contributed by atoms with Crippen LogP contribution in [0.3, 0.4) is 0 Å². The lowest BCUT2D eigenvalue weighted by atomic mass is 9.60. The van der Waals surface area contributed by atoms with Crippen molar-refractivity contribution in [3.8, 4) is 0 Å². The van der Waals surface area contributed by atoms with Crippen LogP contribution in [0, 0.1) is 12.3 Å². The van der Waals surface area contributed by atoms with Crippen molar-refractivity contribution in [2.45, 2.75) is 46.0 Å². The smallest absolute Gasteiger partial charge is 0.339 e. The van der Waals surface area contributed by atoms with E-state index in [9.17, 15) is 14.4 Å². The molecule has 0 radical (unpaired) electrons. The van der Waals surface area contributed by atoms with Gasteiger partial charge in [-0.15, -0.1) is 0 Å². The molecule has 0 fully saturated rings. The highest BCUT2D eigenvalue weighted by Gasteiger charge is 2.63. The number of rotatable bonds is 3. The fraction of sp³-hybridized carbons (Fsp3) is 0.321. The number of carbonyl (C=O) groups excluding carboxylic acids is 3. The Kier molecular flexibility index (Phi) is 5.63. The average Bonchev–Trinajstić information content (AvgIpc) is 3.05. The van der Waals surface area contributed by atoms with Gasteiger partial charge >= 0.3 is 5.97 Å². The summed E-state index contributed by atoms with van der Waals surface area (Å²) >= 11 is 3.61. The molecule has 8 heteroatoms. The molecule has 2 aliphatic heterocycles. The largest absolute Gasteiger partial charge is 0.462 e. The lowest BCUT2D eigenvalue weighted by Crippen LogP contribution is -2.54. The van der Waals surface area contributed by atoms with Gasteiger partial charge in [0.1, 0.15) is 16.8 Å². The van der Waals surface area contributed by atoms with E-state index < -0.39 is 17.3 Å². The molecule has 1 amide bonds. The van der Waals surface area contributed by atoms with Crippen molar-refractivity contribution in [2.75, 3.05) is 16.8 Å². The maximum Gasteiger partial charge on any atom is 0.339 e. The number of halogens is 1. The Bertz CT molecular complexity index is 1410. The summed E-state index contributed by atoms with van der Waals surface area (Å²) in [5.41, 5.74) is 8.35. The van der Waals surface area contributed by atoms with E-state index in [1.54, 1.807) is 17.9 Å². The third-order valence-corrected chi connectivity index (χ3v) is 7.78. The second-order valence-electron chi connectivity index (χ2n) is 10.3. The molecular weight excluding hydrogens is 522 g/mol. The number of fused-ring (bicyclic) bond motifs is 3. The minimum absolute atomic E-state index is 0.0336. The van der Waals surface area contributed by atoms with Gasteiger partial charge < -0.3 is 15.8 Å². The van der Waals surface area contributed by atoms with Crippen LogP contribution < -0.4 is 16.0 Å². The Hall–Kier alpha value is -3.39. The molecule has 3 aliphatic rings. The van der Waals surface area contributed by atoms with E-state index in [1.165, 1.54) is 0 Å². The van der Waals surface area contributed by atoms with Gasteiger partial charge in [0, 0.05) is 33.4 Å². The Morgan fingerprint density at radius 3 is 2.58 bits per heavy atom. The zero-order chi connectivity index (χ0) is 26.0. The lowest BCUT2D eigenvalue weighted by molar-refractivity contribution is -0.140. The zero-order valence-corrected chi connectivity index (χ0v) is 22.3. The molecule has 0 saturated heterocycles. The maximum atomic E-state index is 14.0. The molecule has 7 nitrogen and oxygen atoms in total. The number of nitrogens with two attached hydrogens (primary N) is 1. The standard InChI is InChI=1S/C28H28BrN3O4/c1-5-36-25(34)23-24(30)32(19-9-7-6-8-17(19)29)20-13-27(3,4)14-21(33)22(20)28(23)16-12-15(2)10-11-18(16)31-26(28)35/h6-12H,5,13-14,30H2,1-4H3,(H,31,35). The Labute approximate surface area is 218 Å². The van der Waals surface area contributed by atoms with Crippen molar-refractivity contribution in [1.82, 2.24) is 0 Å². The van der Waals surface area contributed by atoms with E-state index in [2.05, 4.69) is 21.2 Å². The van der Waals surface area contributed by atoms with Gasteiger partial charge in [-0.05, 0) is 59.8 Å². The molecule has 1 unspecified atom stereocenters. The van der Waals surface area contributed by atoms with Crippen molar-refractivity contribution in [2.24, 2.45) is 11.1 Å². The SMILES string of the molecule is CCOC(=O)C1=C(N)N(c2ccccc2Br)C2=C(C(=O)CC(C)(C)C2)C12C(=O)Nc1ccc(C)cc12. The van der Waals surface area contributed by atoms with E-state index >= 15 is 0 Å². The monoisotopic (exact) mass is 549 g/mol. The van der Waals surface area contributed by atoms with Crippen LogP contribution in [-0.2, 0) is 24.5 Å². The Morgan fingerprint density at radius 2 is 1.89 bits per heavy atom. The highest BCUT2D eigenvalue weighted by atomic mass is 79.9. The fourth-order valence-electron chi connectivity index (χ4n) is 5.76. The highest BCUT2D eigenvalue weighted by molar-refractivity contribution is 9.10. The average molecular weight is 550 g/mol. The van der Waals surface area contributed by atoms with Crippen LogP contribution >= 0.6 is 15.9 Å². The maximum absolute atomic E-state index is 14.0. The van der Waals surface area contributed by atoms with E-state index in [4.69, 9.17) is 10.5 Å². The van der Waals surface area contributed by atoms with Crippen molar-refractivity contribution < 1.29 is 19.1 Å². The Morgan fingerprint density at radius 1 is 1.17 bits per heavy atom. The van der Waals surface area contributed by atoms with Gasteiger partial charge in [0.2, 0.25) is 5.91 Å². The van der Waals surface area contributed by atoms with Crippen LogP contribution in [0.4, 0.5) is 11.4 Å². The molecule has 36 heavy (non-hydrogen) atoms. The third-order valence-electron chi connectivity index (χ3n) is 7.11. The van der Waals surface area contributed by atoms with Gasteiger partial charge in [-0.3, -0.25) is 14.5 Å².